The van der Waals surface area contributed by atoms with Gasteiger partial charge >= 0.3 is 4.87 Å². The number of rotatable bonds is 5. The Balaban J connectivity index is 1.52. The van der Waals surface area contributed by atoms with Crippen LogP contribution in [0.3, 0.4) is 0 Å². The zero-order valence-electron chi connectivity index (χ0n) is 15.0. The number of anilines is 1. The van der Waals surface area contributed by atoms with Crippen molar-refractivity contribution in [3.8, 4) is 0 Å². The number of benzene rings is 2. The number of H-pyrrole nitrogens is 1. The monoisotopic (exact) mass is 383 g/mol. The minimum atomic E-state index is -0.227. The Bertz CT molecular complexity index is 914. The summed E-state index contributed by atoms with van der Waals surface area (Å²) in [7, 11) is 0. The molecule has 140 valence electrons. The molecule has 0 radical (unpaired) electrons. The quantitative estimate of drug-likeness (QED) is 0.731. The third-order valence-electron chi connectivity index (χ3n) is 5.12. The Morgan fingerprint density at radius 3 is 2.33 bits per heavy atom. The summed E-state index contributed by atoms with van der Waals surface area (Å²) in [5, 5.41) is 1.89. The van der Waals surface area contributed by atoms with Crippen LogP contribution in [0, 0.1) is 5.82 Å². The smallest absolute Gasteiger partial charge is 0.304 e. The van der Waals surface area contributed by atoms with Crippen LogP contribution < -0.4 is 9.77 Å². The molecule has 1 fully saturated rings. The van der Waals surface area contributed by atoms with Crippen LogP contribution in [0.4, 0.5) is 10.1 Å². The van der Waals surface area contributed by atoms with Crippen LogP contribution in [0.1, 0.15) is 17.3 Å². The molecule has 0 bridgehead atoms. The first kappa shape index (κ1) is 17.9. The van der Waals surface area contributed by atoms with Gasteiger partial charge in [-0.3, -0.25) is 9.69 Å². The van der Waals surface area contributed by atoms with E-state index >= 15 is 0 Å². The maximum atomic E-state index is 13.4. The Kier molecular flexibility index (Phi) is 5.36. The van der Waals surface area contributed by atoms with Gasteiger partial charge in [0.2, 0.25) is 0 Å². The molecule has 1 aliphatic rings. The van der Waals surface area contributed by atoms with Gasteiger partial charge in [-0.25, -0.2) is 4.39 Å². The van der Waals surface area contributed by atoms with Gasteiger partial charge in [-0.15, -0.1) is 0 Å². The molecule has 0 saturated carbocycles. The van der Waals surface area contributed by atoms with Crippen molar-refractivity contribution in [2.75, 3.05) is 31.1 Å². The molecule has 1 aromatic heterocycles. The van der Waals surface area contributed by atoms with Gasteiger partial charge in [0.15, 0.2) is 0 Å². The normalized spacial score (nSPS) is 16.4. The number of aromatic amines is 1. The van der Waals surface area contributed by atoms with Gasteiger partial charge in [-0.05, 0) is 29.8 Å². The van der Waals surface area contributed by atoms with Crippen molar-refractivity contribution in [2.45, 2.75) is 12.5 Å². The first-order valence-electron chi connectivity index (χ1n) is 9.15. The lowest BCUT2D eigenvalue weighted by atomic mass is 9.99. The summed E-state index contributed by atoms with van der Waals surface area (Å²) in [5.41, 5.74) is 3.26. The van der Waals surface area contributed by atoms with Gasteiger partial charge in [0.05, 0.1) is 0 Å². The Morgan fingerprint density at radius 2 is 1.70 bits per heavy atom. The first-order chi connectivity index (χ1) is 13.2. The van der Waals surface area contributed by atoms with Crippen LogP contribution in [0.2, 0.25) is 0 Å². The van der Waals surface area contributed by atoms with Gasteiger partial charge in [0.1, 0.15) is 5.82 Å². The molecule has 27 heavy (non-hydrogen) atoms. The van der Waals surface area contributed by atoms with Gasteiger partial charge in [0.25, 0.3) is 0 Å². The fourth-order valence-corrected chi connectivity index (χ4v) is 4.29. The van der Waals surface area contributed by atoms with E-state index in [0.29, 0.717) is 0 Å². The Hall–Kier alpha value is -2.44. The number of hydrogen-bond acceptors (Lipinski definition) is 4. The molecular weight excluding hydrogens is 361 g/mol. The lowest BCUT2D eigenvalue weighted by molar-refractivity contribution is 0.183. The van der Waals surface area contributed by atoms with E-state index in [2.05, 4.69) is 39.0 Å². The minimum absolute atomic E-state index is 0.0308. The van der Waals surface area contributed by atoms with Crippen LogP contribution >= 0.6 is 11.3 Å². The van der Waals surface area contributed by atoms with E-state index < -0.39 is 0 Å². The molecule has 2 heterocycles. The summed E-state index contributed by atoms with van der Waals surface area (Å²) in [6.45, 7) is 3.74. The van der Waals surface area contributed by atoms with Crippen LogP contribution in [0.25, 0.3) is 0 Å². The lowest BCUT2D eigenvalue weighted by Gasteiger charge is -2.40. The molecule has 1 unspecified atom stereocenters. The van der Waals surface area contributed by atoms with Crippen LogP contribution in [0.5, 0.6) is 0 Å². The zero-order valence-corrected chi connectivity index (χ0v) is 15.8. The lowest BCUT2D eigenvalue weighted by Crippen LogP contribution is -2.48. The standard InChI is InChI=1S/C21H22FN3OS/c22-17-8-6-16(7-9-17)20(14-18-15-27-21(26)23-18)25-12-10-24(11-13-25)19-4-2-1-3-5-19/h1-9,15,20H,10-14H2,(H,23,26). The van der Waals surface area contributed by atoms with Gasteiger partial charge in [0, 0.05) is 55.4 Å². The van der Waals surface area contributed by atoms with Crippen LogP contribution in [-0.2, 0) is 6.42 Å². The molecule has 1 saturated heterocycles. The second-order valence-electron chi connectivity index (χ2n) is 6.80. The molecule has 1 aliphatic heterocycles. The predicted molar refractivity (Wildman–Crippen MR) is 108 cm³/mol. The van der Waals surface area contributed by atoms with Crippen molar-refractivity contribution in [3.05, 3.63) is 86.7 Å². The zero-order chi connectivity index (χ0) is 18.6. The van der Waals surface area contributed by atoms with E-state index in [1.165, 1.54) is 29.2 Å². The molecular formula is C21H22FN3OS. The van der Waals surface area contributed by atoms with Crippen molar-refractivity contribution in [1.29, 1.82) is 0 Å². The number of aromatic nitrogens is 1. The summed E-state index contributed by atoms with van der Waals surface area (Å²) >= 11 is 1.19. The number of para-hydroxylation sites is 1. The summed E-state index contributed by atoms with van der Waals surface area (Å²) < 4.78 is 13.4. The maximum absolute atomic E-state index is 13.4. The third-order valence-corrected chi connectivity index (χ3v) is 5.83. The SMILES string of the molecule is O=c1[nH]c(CC(c2ccc(F)cc2)N2CCN(c3ccccc3)CC2)cs1. The Morgan fingerprint density at radius 1 is 1.00 bits per heavy atom. The highest BCUT2D eigenvalue weighted by atomic mass is 32.1. The fraction of sp³-hybridized carbons (Fsp3) is 0.286. The predicted octanol–water partition coefficient (Wildman–Crippen LogP) is 3.68. The second kappa shape index (κ2) is 8.06. The number of thiazole rings is 1. The van der Waals surface area contributed by atoms with Crippen molar-refractivity contribution in [1.82, 2.24) is 9.88 Å². The highest BCUT2D eigenvalue weighted by molar-refractivity contribution is 7.07. The summed E-state index contributed by atoms with van der Waals surface area (Å²) in [5.74, 6) is -0.227. The number of halogens is 1. The molecule has 2 aromatic carbocycles. The molecule has 0 amide bonds. The van der Waals surface area contributed by atoms with Gasteiger partial charge in [-0.2, -0.15) is 0 Å². The van der Waals surface area contributed by atoms with Crippen molar-refractivity contribution in [2.24, 2.45) is 0 Å². The average Bonchev–Trinajstić information content (AvgIpc) is 3.13. The molecule has 4 rings (SSSR count). The topological polar surface area (TPSA) is 39.3 Å². The van der Waals surface area contributed by atoms with Crippen LogP contribution in [-0.4, -0.2) is 36.1 Å². The van der Waals surface area contributed by atoms with E-state index in [-0.39, 0.29) is 16.7 Å². The largest absolute Gasteiger partial charge is 0.369 e. The summed E-state index contributed by atoms with van der Waals surface area (Å²) in [4.78, 5) is 19.2. The number of hydrogen-bond donors (Lipinski definition) is 1. The summed E-state index contributed by atoms with van der Waals surface area (Å²) in [6.07, 6.45) is 0.718. The van der Waals surface area contributed by atoms with E-state index in [1.807, 2.05) is 23.6 Å². The average molecular weight is 383 g/mol. The van der Waals surface area contributed by atoms with Gasteiger partial charge < -0.3 is 9.88 Å². The van der Waals surface area contributed by atoms with E-state index in [0.717, 1.165) is 43.9 Å². The number of nitrogens with one attached hydrogen (secondary N) is 1. The molecule has 6 heteroatoms. The molecule has 4 nitrogen and oxygen atoms in total. The molecule has 1 N–H and O–H groups in total. The van der Waals surface area contributed by atoms with Gasteiger partial charge in [-0.1, -0.05) is 41.7 Å². The first-order valence-corrected chi connectivity index (χ1v) is 10.0. The fourth-order valence-electron chi connectivity index (χ4n) is 3.70. The molecule has 0 aliphatic carbocycles. The van der Waals surface area contributed by atoms with Crippen LogP contribution in [0.15, 0.2) is 64.8 Å². The van der Waals surface area contributed by atoms with E-state index in [4.69, 9.17) is 0 Å². The third kappa shape index (κ3) is 4.28. The Labute approximate surface area is 161 Å². The van der Waals surface area contributed by atoms with E-state index in [9.17, 15) is 9.18 Å². The highest BCUT2D eigenvalue weighted by Crippen LogP contribution is 2.27. The molecule has 0 spiro atoms. The van der Waals surface area contributed by atoms with Crippen molar-refractivity contribution >= 4 is 17.0 Å². The highest BCUT2D eigenvalue weighted by Gasteiger charge is 2.26. The minimum Gasteiger partial charge on any atom is -0.369 e. The summed E-state index contributed by atoms with van der Waals surface area (Å²) in [6, 6.07) is 17.3. The van der Waals surface area contributed by atoms with Crippen molar-refractivity contribution in [3.63, 3.8) is 0 Å². The number of piperazine rings is 1. The second-order valence-corrected chi connectivity index (χ2v) is 7.65. The van der Waals surface area contributed by atoms with Crippen molar-refractivity contribution < 1.29 is 4.39 Å². The van der Waals surface area contributed by atoms with E-state index in [1.54, 1.807) is 0 Å². The number of nitrogens with zero attached hydrogens (tertiary/aromatic N) is 2. The molecule has 3 aromatic rings. The maximum Gasteiger partial charge on any atom is 0.304 e. The molecule has 1 atom stereocenters.